The first-order chi connectivity index (χ1) is 10.7. The second-order valence-electron chi connectivity index (χ2n) is 6.65. The van der Waals surface area contributed by atoms with Crippen LogP contribution >= 0.6 is 0 Å². The van der Waals surface area contributed by atoms with Crippen LogP contribution < -0.4 is 0 Å². The Morgan fingerprint density at radius 3 is 2.13 bits per heavy atom. The van der Waals surface area contributed by atoms with E-state index in [0.29, 0.717) is 6.42 Å². The van der Waals surface area contributed by atoms with Gasteiger partial charge in [-0.05, 0) is 35.5 Å². The third-order valence-electron chi connectivity index (χ3n) is 3.46. The molecule has 0 atom stereocenters. The van der Waals surface area contributed by atoms with Crippen LogP contribution in [0.15, 0.2) is 36.1 Å². The van der Waals surface area contributed by atoms with E-state index in [4.69, 9.17) is 4.74 Å². The Labute approximate surface area is 138 Å². The molecule has 4 heteroatoms. The van der Waals surface area contributed by atoms with E-state index in [1.54, 1.807) is 0 Å². The molecule has 0 bridgehead atoms. The molecule has 0 aliphatic carbocycles. The van der Waals surface area contributed by atoms with Crippen molar-refractivity contribution in [3.8, 4) is 0 Å². The molecule has 1 aromatic carbocycles. The molecule has 0 fully saturated rings. The van der Waals surface area contributed by atoms with Gasteiger partial charge < -0.3 is 9.47 Å². The highest BCUT2D eigenvalue weighted by molar-refractivity contribution is 5.77. The smallest absolute Gasteiger partial charge is 0.311 e. The van der Waals surface area contributed by atoms with Gasteiger partial charge in [0.15, 0.2) is 0 Å². The van der Waals surface area contributed by atoms with Crippen LogP contribution in [0.3, 0.4) is 0 Å². The minimum absolute atomic E-state index is 0.0245. The molecule has 126 valence electrons. The molecule has 0 unspecified atom stereocenters. The predicted molar refractivity (Wildman–Crippen MR) is 89.9 cm³/mol. The Kier molecular flexibility index (Phi) is 7.01. The molecule has 0 saturated carbocycles. The number of allylic oxidation sites excluding steroid dienone is 1. The third-order valence-corrected chi connectivity index (χ3v) is 3.46. The van der Waals surface area contributed by atoms with E-state index in [-0.39, 0.29) is 18.3 Å². The fourth-order valence-corrected chi connectivity index (χ4v) is 2.02. The van der Waals surface area contributed by atoms with Crippen LogP contribution in [0, 0.1) is 0 Å². The lowest BCUT2D eigenvalue weighted by Gasteiger charge is -2.19. The Morgan fingerprint density at radius 2 is 1.61 bits per heavy atom. The van der Waals surface area contributed by atoms with Crippen molar-refractivity contribution in [1.29, 1.82) is 0 Å². The van der Waals surface area contributed by atoms with Gasteiger partial charge in [-0.15, -0.1) is 0 Å². The second-order valence-corrected chi connectivity index (χ2v) is 6.65. The number of hydrogen-bond donors (Lipinski definition) is 0. The van der Waals surface area contributed by atoms with Crippen LogP contribution in [-0.2, 0) is 30.9 Å². The number of hydrogen-bond acceptors (Lipinski definition) is 4. The van der Waals surface area contributed by atoms with Crippen molar-refractivity contribution >= 4 is 11.9 Å². The number of rotatable bonds is 6. The maximum absolute atomic E-state index is 11.5. The van der Waals surface area contributed by atoms with Crippen molar-refractivity contribution in [2.24, 2.45) is 0 Å². The SMILES string of the molecule is COC(=O)CCC(=O)OC=C(C)Cc1ccc(C(C)(C)C)cc1. The minimum Gasteiger partial charge on any atom is -0.469 e. The first kappa shape index (κ1) is 18.9. The lowest BCUT2D eigenvalue weighted by Crippen LogP contribution is -2.10. The summed E-state index contributed by atoms with van der Waals surface area (Å²) in [6, 6.07) is 8.45. The zero-order valence-corrected chi connectivity index (χ0v) is 14.6. The van der Waals surface area contributed by atoms with E-state index < -0.39 is 11.9 Å². The Hall–Kier alpha value is -2.10. The van der Waals surface area contributed by atoms with Gasteiger partial charge in [0.05, 0.1) is 26.2 Å². The molecule has 0 aromatic heterocycles. The summed E-state index contributed by atoms with van der Waals surface area (Å²) in [5, 5.41) is 0. The first-order valence-electron chi connectivity index (χ1n) is 7.73. The molecule has 0 aliphatic rings. The van der Waals surface area contributed by atoms with Gasteiger partial charge in [0, 0.05) is 0 Å². The number of benzene rings is 1. The number of esters is 2. The van der Waals surface area contributed by atoms with Crippen LogP contribution in [0.4, 0.5) is 0 Å². The van der Waals surface area contributed by atoms with Crippen LogP contribution in [-0.4, -0.2) is 19.0 Å². The summed E-state index contributed by atoms with van der Waals surface area (Å²) < 4.78 is 9.52. The summed E-state index contributed by atoms with van der Waals surface area (Å²) >= 11 is 0. The molecular formula is C19H26O4. The highest BCUT2D eigenvalue weighted by Crippen LogP contribution is 2.22. The molecule has 0 radical (unpaired) electrons. The van der Waals surface area contributed by atoms with Gasteiger partial charge in [-0.3, -0.25) is 9.59 Å². The van der Waals surface area contributed by atoms with Crippen molar-refractivity contribution in [3.63, 3.8) is 0 Å². The zero-order chi connectivity index (χ0) is 17.5. The summed E-state index contributed by atoms with van der Waals surface area (Å²) in [5.74, 6) is -0.848. The van der Waals surface area contributed by atoms with Crippen LogP contribution in [0.1, 0.15) is 51.7 Å². The fraction of sp³-hybridized carbons (Fsp3) is 0.474. The Morgan fingerprint density at radius 1 is 1.04 bits per heavy atom. The van der Waals surface area contributed by atoms with Crippen LogP contribution in [0.2, 0.25) is 0 Å². The van der Waals surface area contributed by atoms with Gasteiger partial charge in [0.25, 0.3) is 0 Å². The van der Waals surface area contributed by atoms with Crippen LogP contribution in [0.5, 0.6) is 0 Å². The average molecular weight is 318 g/mol. The highest BCUT2D eigenvalue weighted by atomic mass is 16.5. The monoisotopic (exact) mass is 318 g/mol. The lowest BCUT2D eigenvalue weighted by atomic mass is 9.86. The van der Waals surface area contributed by atoms with E-state index in [2.05, 4.69) is 49.8 Å². The van der Waals surface area contributed by atoms with Gasteiger partial charge in [-0.2, -0.15) is 0 Å². The topological polar surface area (TPSA) is 52.6 Å². The molecule has 0 aliphatic heterocycles. The van der Waals surface area contributed by atoms with Gasteiger partial charge >= 0.3 is 11.9 Å². The maximum atomic E-state index is 11.5. The zero-order valence-electron chi connectivity index (χ0n) is 14.6. The third kappa shape index (κ3) is 7.13. The summed E-state index contributed by atoms with van der Waals surface area (Å²) in [4.78, 5) is 22.4. The maximum Gasteiger partial charge on any atom is 0.311 e. The van der Waals surface area contributed by atoms with E-state index >= 15 is 0 Å². The number of methoxy groups -OCH3 is 1. The lowest BCUT2D eigenvalue weighted by molar-refractivity contribution is -0.146. The van der Waals surface area contributed by atoms with E-state index in [9.17, 15) is 9.59 Å². The minimum atomic E-state index is -0.433. The summed E-state index contributed by atoms with van der Waals surface area (Å²) in [6.07, 6.45) is 2.24. The standard InChI is InChI=1S/C19H26O4/c1-14(13-23-18(21)11-10-17(20)22-5)12-15-6-8-16(9-7-15)19(2,3)4/h6-9,13H,10-12H2,1-5H3. The van der Waals surface area contributed by atoms with Crippen LogP contribution in [0.25, 0.3) is 0 Å². The first-order valence-corrected chi connectivity index (χ1v) is 7.73. The number of carbonyl (C=O) groups excluding carboxylic acids is 2. The Balaban J connectivity index is 2.50. The molecule has 0 saturated heterocycles. The summed E-state index contributed by atoms with van der Waals surface area (Å²) in [6.45, 7) is 8.45. The van der Waals surface area contributed by atoms with Gasteiger partial charge in [-0.25, -0.2) is 0 Å². The second kappa shape index (κ2) is 8.51. The molecule has 0 N–H and O–H groups in total. The molecule has 0 amide bonds. The van der Waals surface area contributed by atoms with Crippen molar-refractivity contribution in [2.75, 3.05) is 7.11 Å². The molecule has 1 rings (SSSR count). The normalized spacial score (nSPS) is 12.0. The average Bonchev–Trinajstić information content (AvgIpc) is 2.50. The van der Waals surface area contributed by atoms with E-state index in [1.807, 2.05) is 6.92 Å². The van der Waals surface area contributed by atoms with Gasteiger partial charge in [0.2, 0.25) is 0 Å². The number of ether oxygens (including phenoxy) is 2. The van der Waals surface area contributed by atoms with Crippen molar-refractivity contribution < 1.29 is 19.1 Å². The van der Waals surface area contributed by atoms with E-state index in [0.717, 1.165) is 11.1 Å². The van der Waals surface area contributed by atoms with E-state index in [1.165, 1.54) is 18.9 Å². The molecule has 4 nitrogen and oxygen atoms in total. The van der Waals surface area contributed by atoms with Gasteiger partial charge in [-0.1, -0.05) is 45.0 Å². The largest absolute Gasteiger partial charge is 0.469 e. The van der Waals surface area contributed by atoms with Crippen molar-refractivity contribution in [2.45, 2.75) is 52.4 Å². The molecular weight excluding hydrogens is 292 g/mol. The summed E-state index contributed by atoms with van der Waals surface area (Å²) in [7, 11) is 1.29. The highest BCUT2D eigenvalue weighted by Gasteiger charge is 2.12. The predicted octanol–water partition coefficient (Wildman–Crippen LogP) is 3.93. The molecule has 1 aromatic rings. The van der Waals surface area contributed by atoms with Crippen molar-refractivity contribution in [1.82, 2.24) is 0 Å². The molecule has 23 heavy (non-hydrogen) atoms. The quantitative estimate of drug-likeness (QED) is 0.589. The molecule has 0 heterocycles. The number of carbonyl (C=O) groups is 2. The Bertz CT molecular complexity index is 562. The molecule has 0 spiro atoms. The summed E-state index contributed by atoms with van der Waals surface area (Å²) in [5.41, 5.74) is 3.54. The fourth-order valence-electron chi connectivity index (χ4n) is 2.02. The van der Waals surface area contributed by atoms with Crippen molar-refractivity contribution in [3.05, 3.63) is 47.2 Å². The van der Waals surface area contributed by atoms with Gasteiger partial charge in [0.1, 0.15) is 0 Å².